The average molecular weight is 263 g/mol. The van der Waals surface area contributed by atoms with Gasteiger partial charge in [0.1, 0.15) is 5.75 Å². The molecule has 2 rings (SSSR count). The van der Waals surface area contributed by atoms with Crippen molar-refractivity contribution in [2.45, 2.75) is 44.6 Å². The van der Waals surface area contributed by atoms with Crippen molar-refractivity contribution < 1.29 is 9.84 Å². The van der Waals surface area contributed by atoms with Crippen LogP contribution in [0.5, 0.6) is 5.75 Å². The lowest BCUT2D eigenvalue weighted by molar-refractivity contribution is 0.170. The molecule has 0 heterocycles. The first kappa shape index (κ1) is 14.4. The van der Waals surface area contributed by atoms with E-state index in [9.17, 15) is 5.11 Å². The Labute approximate surface area is 115 Å². The largest absolute Gasteiger partial charge is 0.493 e. The maximum atomic E-state index is 9.82. The molecule has 0 radical (unpaired) electrons. The quantitative estimate of drug-likeness (QED) is 0.829. The minimum atomic E-state index is -0.461. The van der Waals surface area contributed by atoms with E-state index in [2.05, 4.69) is 0 Å². The molecule has 1 fully saturated rings. The topological polar surface area (TPSA) is 55.5 Å². The van der Waals surface area contributed by atoms with Gasteiger partial charge < -0.3 is 15.6 Å². The summed E-state index contributed by atoms with van der Waals surface area (Å²) in [5.74, 6) is 1.62. The summed E-state index contributed by atoms with van der Waals surface area (Å²) in [5.41, 5.74) is 6.35. The fourth-order valence-corrected chi connectivity index (χ4v) is 2.68. The van der Waals surface area contributed by atoms with E-state index < -0.39 is 6.10 Å². The molecule has 106 valence electrons. The number of ether oxygens (including phenoxy) is 1. The van der Waals surface area contributed by atoms with Crippen molar-refractivity contribution in [3.63, 3.8) is 0 Å². The van der Waals surface area contributed by atoms with Crippen molar-refractivity contribution in [3.05, 3.63) is 29.8 Å². The molecule has 1 aromatic carbocycles. The Hall–Kier alpha value is -1.06. The third kappa shape index (κ3) is 4.51. The van der Waals surface area contributed by atoms with Crippen molar-refractivity contribution >= 4 is 0 Å². The summed E-state index contributed by atoms with van der Waals surface area (Å²) in [5, 5.41) is 9.82. The zero-order chi connectivity index (χ0) is 13.5. The van der Waals surface area contributed by atoms with Gasteiger partial charge in [0, 0.05) is 0 Å². The molecule has 1 aromatic rings. The van der Waals surface area contributed by atoms with E-state index in [1.165, 1.54) is 32.1 Å². The fourth-order valence-electron chi connectivity index (χ4n) is 2.68. The monoisotopic (exact) mass is 263 g/mol. The SMILES string of the molecule is NCCC(O)c1ccc(OCC2CCCCC2)cc1. The van der Waals surface area contributed by atoms with Gasteiger partial charge in [-0.25, -0.2) is 0 Å². The molecular weight excluding hydrogens is 238 g/mol. The van der Waals surface area contributed by atoms with E-state index in [0.717, 1.165) is 23.8 Å². The van der Waals surface area contributed by atoms with E-state index in [0.29, 0.717) is 13.0 Å². The molecule has 0 amide bonds. The van der Waals surface area contributed by atoms with Crippen molar-refractivity contribution in [1.82, 2.24) is 0 Å². The smallest absolute Gasteiger partial charge is 0.119 e. The van der Waals surface area contributed by atoms with E-state index in [1.54, 1.807) is 0 Å². The number of benzene rings is 1. The molecule has 1 aliphatic rings. The van der Waals surface area contributed by atoms with Crippen LogP contribution in [-0.4, -0.2) is 18.3 Å². The van der Waals surface area contributed by atoms with Crippen molar-refractivity contribution in [1.29, 1.82) is 0 Å². The van der Waals surface area contributed by atoms with Crippen LogP contribution in [0.25, 0.3) is 0 Å². The highest BCUT2D eigenvalue weighted by atomic mass is 16.5. The molecule has 0 saturated heterocycles. The second kappa shape index (κ2) is 7.51. The first-order valence-electron chi connectivity index (χ1n) is 7.40. The third-order valence-electron chi connectivity index (χ3n) is 3.92. The molecule has 1 atom stereocenters. The van der Waals surface area contributed by atoms with Crippen LogP contribution in [0.1, 0.15) is 50.2 Å². The minimum absolute atomic E-state index is 0.461. The van der Waals surface area contributed by atoms with Crippen LogP contribution in [0, 0.1) is 5.92 Å². The van der Waals surface area contributed by atoms with Gasteiger partial charge in [0.25, 0.3) is 0 Å². The van der Waals surface area contributed by atoms with Gasteiger partial charge in [-0.2, -0.15) is 0 Å². The summed E-state index contributed by atoms with van der Waals surface area (Å²) in [6.45, 7) is 1.33. The maximum absolute atomic E-state index is 9.82. The van der Waals surface area contributed by atoms with Crippen LogP contribution in [0.4, 0.5) is 0 Å². The minimum Gasteiger partial charge on any atom is -0.493 e. The highest BCUT2D eigenvalue weighted by Gasteiger charge is 2.14. The van der Waals surface area contributed by atoms with Gasteiger partial charge in [-0.05, 0) is 49.4 Å². The molecule has 19 heavy (non-hydrogen) atoms. The number of hydrogen-bond acceptors (Lipinski definition) is 3. The molecular formula is C16H25NO2. The normalized spacial score (nSPS) is 18.2. The standard InChI is InChI=1S/C16H25NO2/c17-11-10-16(18)14-6-8-15(9-7-14)19-12-13-4-2-1-3-5-13/h6-9,13,16,18H,1-5,10-12,17H2. The number of aliphatic hydroxyl groups is 1. The number of hydrogen-bond donors (Lipinski definition) is 2. The summed E-state index contributed by atoms with van der Waals surface area (Å²) in [6.07, 6.45) is 6.81. The molecule has 1 unspecified atom stereocenters. The van der Waals surface area contributed by atoms with Crippen LogP contribution in [0.2, 0.25) is 0 Å². The van der Waals surface area contributed by atoms with Crippen LogP contribution in [-0.2, 0) is 0 Å². The summed E-state index contributed by atoms with van der Waals surface area (Å²) < 4.78 is 5.83. The van der Waals surface area contributed by atoms with Crippen LogP contribution < -0.4 is 10.5 Å². The van der Waals surface area contributed by atoms with Gasteiger partial charge in [-0.1, -0.05) is 31.4 Å². The second-order valence-corrected chi connectivity index (χ2v) is 5.48. The highest BCUT2D eigenvalue weighted by Crippen LogP contribution is 2.25. The number of nitrogens with two attached hydrogens (primary N) is 1. The predicted octanol–water partition coefficient (Wildman–Crippen LogP) is 3.03. The Bertz CT molecular complexity index is 358. The number of rotatable bonds is 6. The van der Waals surface area contributed by atoms with Crippen LogP contribution in [0.15, 0.2) is 24.3 Å². The van der Waals surface area contributed by atoms with Crippen LogP contribution >= 0.6 is 0 Å². The molecule has 0 bridgehead atoms. The van der Waals surface area contributed by atoms with Gasteiger partial charge in [-0.15, -0.1) is 0 Å². The zero-order valence-corrected chi connectivity index (χ0v) is 11.6. The van der Waals surface area contributed by atoms with E-state index in [4.69, 9.17) is 10.5 Å². The van der Waals surface area contributed by atoms with Gasteiger partial charge in [-0.3, -0.25) is 0 Å². The molecule has 1 saturated carbocycles. The maximum Gasteiger partial charge on any atom is 0.119 e. The lowest BCUT2D eigenvalue weighted by atomic mass is 9.90. The first-order chi connectivity index (χ1) is 9.29. The fraction of sp³-hybridized carbons (Fsp3) is 0.625. The summed E-state index contributed by atoms with van der Waals surface area (Å²) in [4.78, 5) is 0. The van der Waals surface area contributed by atoms with E-state index in [1.807, 2.05) is 24.3 Å². The molecule has 3 N–H and O–H groups in total. The Morgan fingerprint density at radius 3 is 2.47 bits per heavy atom. The molecule has 0 aromatic heterocycles. The zero-order valence-electron chi connectivity index (χ0n) is 11.6. The van der Waals surface area contributed by atoms with Gasteiger partial charge in [0.05, 0.1) is 12.7 Å². The summed E-state index contributed by atoms with van der Waals surface area (Å²) in [7, 11) is 0. The number of aliphatic hydroxyl groups excluding tert-OH is 1. The molecule has 1 aliphatic carbocycles. The van der Waals surface area contributed by atoms with Crippen molar-refractivity contribution in [2.75, 3.05) is 13.2 Å². The predicted molar refractivity (Wildman–Crippen MR) is 77.1 cm³/mol. The average Bonchev–Trinajstić information content (AvgIpc) is 2.47. The lowest BCUT2D eigenvalue weighted by Gasteiger charge is -2.21. The van der Waals surface area contributed by atoms with Crippen LogP contribution in [0.3, 0.4) is 0 Å². The lowest BCUT2D eigenvalue weighted by Crippen LogP contribution is -2.15. The van der Waals surface area contributed by atoms with Gasteiger partial charge >= 0.3 is 0 Å². The van der Waals surface area contributed by atoms with E-state index >= 15 is 0 Å². The van der Waals surface area contributed by atoms with Gasteiger partial charge in [0.15, 0.2) is 0 Å². The molecule has 3 heteroatoms. The Balaban J connectivity index is 1.81. The Kier molecular flexibility index (Phi) is 5.67. The highest BCUT2D eigenvalue weighted by molar-refractivity contribution is 5.28. The molecule has 3 nitrogen and oxygen atoms in total. The second-order valence-electron chi connectivity index (χ2n) is 5.48. The van der Waals surface area contributed by atoms with E-state index in [-0.39, 0.29) is 0 Å². The third-order valence-corrected chi connectivity index (χ3v) is 3.92. The molecule has 0 aliphatic heterocycles. The van der Waals surface area contributed by atoms with Gasteiger partial charge in [0.2, 0.25) is 0 Å². The van der Waals surface area contributed by atoms with Crippen molar-refractivity contribution in [3.8, 4) is 5.75 Å². The summed E-state index contributed by atoms with van der Waals surface area (Å²) >= 11 is 0. The Morgan fingerprint density at radius 1 is 1.16 bits per heavy atom. The van der Waals surface area contributed by atoms with Crippen molar-refractivity contribution in [2.24, 2.45) is 11.7 Å². The molecule has 0 spiro atoms. The first-order valence-corrected chi connectivity index (χ1v) is 7.40. The Morgan fingerprint density at radius 2 is 1.84 bits per heavy atom. The summed E-state index contributed by atoms with van der Waals surface area (Å²) in [6, 6.07) is 7.74.